The lowest BCUT2D eigenvalue weighted by Crippen LogP contribution is -1.96. The van der Waals surface area contributed by atoms with Crippen LogP contribution >= 0.6 is 11.8 Å². The van der Waals surface area contributed by atoms with Crippen LogP contribution in [0.25, 0.3) is 0 Å². The zero-order valence-electron chi connectivity index (χ0n) is 8.13. The van der Waals surface area contributed by atoms with Crippen molar-refractivity contribution in [3.63, 3.8) is 0 Å². The Morgan fingerprint density at radius 1 is 1.50 bits per heavy atom. The third-order valence-corrected chi connectivity index (χ3v) is 2.66. The van der Waals surface area contributed by atoms with Crippen molar-refractivity contribution >= 4 is 17.4 Å². The van der Waals surface area contributed by atoms with Crippen molar-refractivity contribution in [1.29, 1.82) is 0 Å². The molecule has 2 N–H and O–H groups in total. The highest BCUT2D eigenvalue weighted by molar-refractivity contribution is 7.99. The van der Waals surface area contributed by atoms with Gasteiger partial charge in [-0.1, -0.05) is 0 Å². The van der Waals surface area contributed by atoms with Gasteiger partial charge >= 0.3 is 0 Å². The molecule has 0 fully saturated rings. The minimum absolute atomic E-state index is 0.258. The van der Waals surface area contributed by atoms with Crippen molar-refractivity contribution in [2.75, 3.05) is 24.7 Å². The standard InChI is InChI=1S/C10H14FNOS/c1-2-13-5-6-14-10-4-3-8(12)7-9(10)11/h3-4,7H,2,5-6,12H2,1H3. The van der Waals surface area contributed by atoms with E-state index in [1.165, 1.54) is 17.8 Å². The molecule has 0 aliphatic rings. The van der Waals surface area contributed by atoms with Gasteiger partial charge in [0.25, 0.3) is 0 Å². The number of nitrogen functional groups attached to an aromatic ring is 1. The van der Waals surface area contributed by atoms with Gasteiger partial charge in [-0.25, -0.2) is 4.39 Å². The van der Waals surface area contributed by atoms with Gasteiger partial charge in [-0.15, -0.1) is 11.8 Å². The van der Waals surface area contributed by atoms with Crippen molar-refractivity contribution in [2.45, 2.75) is 11.8 Å². The first-order valence-electron chi connectivity index (χ1n) is 4.49. The van der Waals surface area contributed by atoms with Crippen LogP contribution in [0.3, 0.4) is 0 Å². The van der Waals surface area contributed by atoms with E-state index in [9.17, 15) is 4.39 Å². The summed E-state index contributed by atoms with van der Waals surface area (Å²) in [7, 11) is 0. The van der Waals surface area contributed by atoms with Gasteiger partial charge in [0.05, 0.1) is 6.61 Å². The maximum atomic E-state index is 13.2. The summed E-state index contributed by atoms with van der Waals surface area (Å²) in [5, 5.41) is 0. The van der Waals surface area contributed by atoms with E-state index < -0.39 is 0 Å². The number of ether oxygens (including phenoxy) is 1. The van der Waals surface area contributed by atoms with Crippen molar-refractivity contribution in [1.82, 2.24) is 0 Å². The van der Waals surface area contributed by atoms with E-state index >= 15 is 0 Å². The molecule has 4 heteroatoms. The average molecular weight is 215 g/mol. The largest absolute Gasteiger partial charge is 0.399 e. The molecule has 0 amide bonds. The van der Waals surface area contributed by atoms with E-state index in [4.69, 9.17) is 10.5 Å². The summed E-state index contributed by atoms with van der Waals surface area (Å²) in [4.78, 5) is 0.624. The molecular weight excluding hydrogens is 201 g/mol. The van der Waals surface area contributed by atoms with Crippen LogP contribution in [0.1, 0.15) is 6.92 Å². The molecule has 1 aromatic rings. The predicted octanol–water partition coefficient (Wildman–Crippen LogP) is 2.54. The van der Waals surface area contributed by atoms with Crippen molar-refractivity contribution in [2.24, 2.45) is 0 Å². The van der Waals surface area contributed by atoms with Crippen LogP contribution in [0, 0.1) is 5.82 Å². The first-order chi connectivity index (χ1) is 6.74. The zero-order chi connectivity index (χ0) is 10.4. The van der Waals surface area contributed by atoms with Gasteiger partial charge in [-0.3, -0.25) is 0 Å². The second kappa shape index (κ2) is 5.88. The molecular formula is C10H14FNOS. The van der Waals surface area contributed by atoms with Crippen LogP contribution in [-0.2, 0) is 4.74 Å². The maximum absolute atomic E-state index is 13.2. The number of anilines is 1. The fourth-order valence-electron chi connectivity index (χ4n) is 0.989. The van der Waals surface area contributed by atoms with Crippen molar-refractivity contribution in [3.8, 4) is 0 Å². The number of thioether (sulfide) groups is 1. The zero-order valence-corrected chi connectivity index (χ0v) is 8.94. The van der Waals surface area contributed by atoms with Gasteiger partial charge in [0, 0.05) is 22.9 Å². The Morgan fingerprint density at radius 3 is 2.93 bits per heavy atom. The summed E-state index contributed by atoms with van der Waals surface area (Å²) in [6.07, 6.45) is 0. The SMILES string of the molecule is CCOCCSc1ccc(N)cc1F. The summed E-state index contributed by atoms with van der Waals surface area (Å²) in [5.41, 5.74) is 5.89. The Labute approximate surface area is 87.6 Å². The van der Waals surface area contributed by atoms with Gasteiger partial charge in [-0.2, -0.15) is 0 Å². The van der Waals surface area contributed by atoms with Gasteiger partial charge in [0.1, 0.15) is 5.82 Å². The molecule has 0 heterocycles. The second-order valence-corrected chi connectivity index (χ2v) is 3.87. The smallest absolute Gasteiger partial charge is 0.138 e. The Morgan fingerprint density at radius 2 is 2.29 bits per heavy atom. The normalized spacial score (nSPS) is 10.4. The molecule has 2 nitrogen and oxygen atoms in total. The van der Waals surface area contributed by atoms with E-state index in [1.807, 2.05) is 6.92 Å². The first kappa shape index (κ1) is 11.3. The fraction of sp³-hybridized carbons (Fsp3) is 0.400. The van der Waals surface area contributed by atoms with E-state index in [0.29, 0.717) is 23.8 Å². The van der Waals surface area contributed by atoms with E-state index in [0.717, 1.165) is 5.75 Å². The van der Waals surface area contributed by atoms with Gasteiger partial charge in [0.2, 0.25) is 0 Å². The Bertz CT molecular complexity index is 293. The Kier molecular flexibility index (Phi) is 4.76. The lowest BCUT2D eigenvalue weighted by Gasteiger charge is -2.03. The summed E-state index contributed by atoms with van der Waals surface area (Å²) in [6, 6.07) is 4.73. The molecule has 0 radical (unpaired) electrons. The third kappa shape index (κ3) is 3.55. The molecule has 0 aliphatic heterocycles. The quantitative estimate of drug-likeness (QED) is 0.466. The molecule has 1 rings (SSSR count). The summed E-state index contributed by atoms with van der Waals surface area (Å²) < 4.78 is 18.4. The minimum atomic E-state index is -0.258. The Balaban J connectivity index is 2.42. The molecule has 0 atom stereocenters. The van der Waals surface area contributed by atoms with Crippen LogP contribution in [-0.4, -0.2) is 19.0 Å². The molecule has 0 aliphatic carbocycles. The number of nitrogens with two attached hydrogens (primary N) is 1. The molecule has 78 valence electrons. The van der Waals surface area contributed by atoms with E-state index in [1.54, 1.807) is 12.1 Å². The predicted molar refractivity (Wildman–Crippen MR) is 58.0 cm³/mol. The fourth-order valence-corrected chi connectivity index (χ4v) is 1.77. The molecule has 0 unspecified atom stereocenters. The summed E-state index contributed by atoms with van der Waals surface area (Å²) in [6.45, 7) is 3.28. The van der Waals surface area contributed by atoms with Gasteiger partial charge < -0.3 is 10.5 Å². The monoisotopic (exact) mass is 215 g/mol. The maximum Gasteiger partial charge on any atom is 0.138 e. The van der Waals surface area contributed by atoms with Gasteiger partial charge in [0.15, 0.2) is 0 Å². The lowest BCUT2D eigenvalue weighted by atomic mass is 10.3. The van der Waals surface area contributed by atoms with Crippen LogP contribution in [0.15, 0.2) is 23.1 Å². The van der Waals surface area contributed by atoms with Crippen LogP contribution < -0.4 is 5.73 Å². The average Bonchev–Trinajstić information content (AvgIpc) is 2.15. The number of hydrogen-bond donors (Lipinski definition) is 1. The van der Waals surface area contributed by atoms with Crippen LogP contribution in [0.5, 0.6) is 0 Å². The highest BCUT2D eigenvalue weighted by Gasteiger charge is 2.02. The summed E-state index contributed by atoms with van der Waals surface area (Å²) in [5.74, 6) is 0.501. The number of hydrogen-bond acceptors (Lipinski definition) is 3. The molecule has 0 aromatic heterocycles. The Hall–Kier alpha value is -0.740. The topological polar surface area (TPSA) is 35.2 Å². The molecule has 0 bridgehead atoms. The lowest BCUT2D eigenvalue weighted by molar-refractivity contribution is 0.164. The molecule has 0 spiro atoms. The summed E-state index contributed by atoms with van der Waals surface area (Å²) >= 11 is 1.44. The van der Waals surface area contributed by atoms with Crippen LogP contribution in [0.4, 0.5) is 10.1 Å². The highest BCUT2D eigenvalue weighted by Crippen LogP contribution is 2.23. The molecule has 0 saturated carbocycles. The number of rotatable bonds is 5. The molecule has 1 aromatic carbocycles. The van der Waals surface area contributed by atoms with Crippen LogP contribution in [0.2, 0.25) is 0 Å². The van der Waals surface area contributed by atoms with Gasteiger partial charge in [-0.05, 0) is 25.1 Å². The molecule has 0 saturated heterocycles. The third-order valence-electron chi connectivity index (χ3n) is 1.65. The number of halogens is 1. The molecule has 14 heavy (non-hydrogen) atoms. The minimum Gasteiger partial charge on any atom is -0.399 e. The van der Waals surface area contributed by atoms with Crippen molar-refractivity contribution in [3.05, 3.63) is 24.0 Å². The second-order valence-electron chi connectivity index (χ2n) is 2.74. The van der Waals surface area contributed by atoms with E-state index in [-0.39, 0.29) is 5.82 Å². The number of benzene rings is 1. The van der Waals surface area contributed by atoms with E-state index in [2.05, 4.69) is 0 Å². The highest BCUT2D eigenvalue weighted by atomic mass is 32.2. The van der Waals surface area contributed by atoms with Crippen molar-refractivity contribution < 1.29 is 9.13 Å². The first-order valence-corrected chi connectivity index (χ1v) is 5.48.